The lowest BCUT2D eigenvalue weighted by molar-refractivity contribution is -0.218. The number of primary amides is 1. The molecule has 0 saturated carbocycles. The number of carbonyl (C=O) groups excluding carboxylic acids is 1. The van der Waals surface area contributed by atoms with Crippen LogP contribution in [0.25, 0.3) is 0 Å². The van der Waals surface area contributed by atoms with Gasteiger partial charge >= 0.3 is 6.03 Å². The van der Waals surface area contributed by atoms with Crippen molar-refractivity contribution >= 4 is 11.7 Å². The number of carbonyl (C=O) groups is 1. The molecule has 2 amide bonds. The molecule has 14 heavy (non-hydrogen) atoms. The third-order valence-electron chi connectivity index (χ3n) is 1.50. The van der Waals surface area contributed by atoms with E-state index in [9.17, 15) is 13.8 Å². The van der Waals surface area contributed by atoms with Crippen molar-refractivity contribution in [2.45, 2.75) is 32.7 Å². The fourth-order valence-corrected chi connectivity index (χ4v) is 0.876. The maximum absolute atomic E-state index is 12.2. The lowest BCUT2D eigenvalue weighted by Gasteiger charge is -2.23. The predicted octanol–water partition coefficient (Wildman–Crippen LogP) is 1.27. The van der Waals surface area contributed by atoms with Gasteiger partial charge in [-0.25, -0.2) is 10.2 Å². The average Bonchev–Trinajstić information content (AvgIpc) is 1.99. The van der Waals surface area contributed by atoms with Gasteiger partial charge in [0, 0.05) is 17.5 Å². The van der Waals surface area contributed by atoms with Crippen LogP contribution in [0.4, 0.5) is 13.8 Å². The molecule has 0 aliphatic carbocycles. The van der Waals surface area contributed by atoms with E-state index in [-0.39, 0.29) is 6.42 Å². The normalized spacial score (nSPS) is 13.1. The number of amides is 2. The van der Waals surface area contributed by atoms with E-state index >= 15 is 0 Å². The first-order chi connectivity index (χ1) is 6.25. The average molecular weight is 208 g/mol. The van der Waals surface area contributed by atoms with Gasteiger partial charge < -0.3 is 5.73 Å². The maximum atomic E-state index is 12.2. The number of hydrogen-bond acceptors (Lipinski definition) is 3. The Labute approximate surface area is 80.8 Å². The summed E-state index contributed by atoms with van der Waals surface area (Å²) in [5, 5.41) is 2.63. The van der Waals surface area contributed by atoms with E-state index in [0.29, 0.717) is 5.71 Å². The van der Waals surface area contributed by atoms with Crippen LogP contribution in [0.15, 0.2) is 5.10 Å². The highest BCUT2D eigenvalue weighted by Gasteiger charge is 2.28. The van der Waals surface area contributed by atoms with E-state index in [4.69, 9.17) is 5.73 Å². The molecule has 0 heterocycles. The van der Waals surface area contributed by atoms with E-state index in [1.807, 2.05) is 5.43 Å². The van der Waals surface area contributed by atoms with Gasteiger partial charge in [0.25, 0.3) is 0 Å². The van der Waals surface area contributed by atoms with Crippen LogP contribution >= 0.6 is 0 Å². The zero-order chi connectivity index (χ0) is 11.4. The summed E-state index contributed by atoms with van der Waals surface area (Å²) in [6.45, 7) is 4.24. The van der Waals surface area contributed by atoms with Crippen molar-refractivity contribution in [1.82, 2.24) is 10.8 Å². The number of halogens is 2. The van der Waals surface area contributed by atoms with Crippen molar-refractivity contribution < 1.29 is 13.8 Å². The molecular formula is C7H14F2N4O. The minimum Gasteiger partial charge on any atom is -0.350 e. The minimum atomic E-state index is -1.31. The molecule has 0 radical (unpaired) electrons. The van der Waals surface area contributed by atoms with Gasteiger partial charge in [-0.15, -0.1) is 8.96 Å². The monoisotopic (exact) mass is 208 g/mol. The molecule has 0 spiro atoms. The Morgan fingerprint density at radius 2 is 2.07 bits per heavy atom. The Hall–Kier alpha value is -1.24. The fourth-order valence-electron chi connectivity index (χ4n) is 0.876. The molecule has 7 heteroatoms. The summed E-state index contributed by atoms with van der Waals surface area (Å²) < 4.78 is 24.5. The van der Waals surface area contributed by atoms with Gasteiger partial charge in [-0.1, -0.05) is 0 Å². The molecule has 0 unspecified atom stereocenters. The highest BCUT2D eigenvalue weighted by molar-refractivity contribution is 5.84. The highest BCUT2D eigenvalue weighted by Crippen LogP contribution is 2.20. The second-order valence-corrected chi connectivity index (χ2v) is 3.55. The Kier molecular flexibility index (Phi) is 4.42. The molecule has 82 valence electrons. The summed E-state index contributed by atoms with van der Waals surface area (Å²) in [7, 11) is 0. The van der Waals surface area contributed by atoms with Crippen LogP contribution < -0.4 is 11.2 Å². The first-order valence-electron chi connectivity index (χ1n) is 3.96. The van der Waals surface area contributed by atoms with Gasteiger partial charge in [-0.2, -0.15) is 5.10 Å². The number of rotatable bonds is 4. The number of nitrogens with one attached hydrogen (secondary N) is 1. The molecule has 0 aromatic carbocycles. The van der Waals surface area contributed by atoms with Crippen molar-refractivity contribution in [3.8, 4) is 0 Å². The van der Waals surface area contributed by atoms with E-state index in [1.165, 1.54) is 20.8 Å². The van der Waals surface area contributed by atoms with Crippen molar-refractivity contribution in [2.24, 2.45) is 10.8 Å². The first kappa shape index (κ1) is 12.8. The zero-order valence-corrected chi connectivity index (χ0v) is 8.34. The molecule has 0 rings (SSSR count). The van der Waals surface area contributed by atoms with Gasteiger partial charge in [-0.05, 0) is 20.8 Å². The van der Waals surface area contributed by atoms with E-state index < -0.39 is 16.9 Å². The van der Waals surface area contributed by atoms with Gasteiger partial charge in [0.05, 0.1) is 5.54 Å². The molecule has 0 atom stereocenters. The minimum absolute atomic E-state index is 0.0281. The predicted molar refractivity (Wildman–Crippen MR) is 48.6 cm³/mol. The maximum Gasteiger partial charge on any atom is 0.332 e. The van der Waals surface area contributed by atoms with Crippen LogP contribution in [0.3, 0.4) is 0 Å². The molecule has 0 aliphatic heterocycles. The van der Waals surface area contributed by atoms with Crippen LogP contribution in [-0.2, 0) is 0 Å². The van der Waals surface area contributed by atoms with Gasteiger partial charge in [0.15, 0.2) is 0 Å². The van der Waals surface area contributed by atoms with Gasteiger partial charge in [-0.3, -0.25) is 0 Å². The van der Waals surface area contributed by atoms with Gasteiger partial charge in [0.2, 0.25) is 0 Å². The quantitative estimate of drug-likeness (QED) is 0.415. The number of urea groups is 1. The number of nitrogens with two attached hydrogens (primary N) is 1. The summed E-state index contributed by atoms with van der Waals surface area (Å²) >= 11 is 0. The standard InChI is InChI=1S/C7H14F2N4O/c1-5(11-12-6(10)14)4-7(2,3)13(8)9/h4H2,1-3H3,(H3,10,12,14). The van der Waals surface area contributed by atoms with Crippen molar-refractivity contribution in [1.29, 1.82) is 0 Å². The third kappa shape index (κ3) is 4.70. The molecule has 5 nitrogen and oxygen atoms in total. The molecule has 0 aliphatic rings. The van der Waals surface area contributed by atoms with Crippen molar-refractivity contribution in [3.63, 3.8) is 0 Å². The van der Waals surface area contributed by atoms with Gasteiger partial charge in [0.1, 0.15) is 0 Å². The van der Waals surface area contributed by atoms with Crippen molar-refractivity contribution in [2.75, 3.05) is 0 Å². The zero-order valence-electron chi connectivity index (χ0n) is 8.34. The molecular weight excluding hydrogens is 194 g/mol. The summed E-state index contributed by atoms with van der Waals surface area (Å²) in [5.41, 5.74) is 5.78. The number of nitrogens with zero attached hydrogens (tertiary/aromatic N) is 2. The van der Waals surface area contributed by atoms with E-state index in [1.54, 1.807) is 0 Å². The second kappa shape index (κ2) is 4.85. The van der Waals surface area contributed by atoms with Crippen LogP contribution in [0.2, 0.25) is 0 Å². The molecule has 0 bridgehead atoms. The largest absolute Gasteiger partial charge is 0.350 e. The summed E-state index contributed by atoms with van der Waals surface area (Å²) in [5.74, 6) is 0. The smallest absolute Gasteiger partial charge is 0.332 e. The molecule has 0 fully saturated rings. The second-order valence-electron chi connectivity index (χ2n) is 3.55. The summed E-state index contributed by atoms with van der Waals surface area (Å²) in [6.07, 6.45) is 0.0281. The summed E-state index contributed by atoms with van der Waals surface area (Å²) in [4.78, 5) is 10.2. The van der Waals surface area contributed by atoms with E-state index in [2.05, 4.69) is 5.10 Å². The summed E-state index contributed by atoms with van der Waals surface area (Å²) in [6, 6.07) is -0.820. The molecule has 0 aromatic rings. The first-order valence-corrected chi connectivity index (χ1v) is 3.96. The number of hydrogen-bond donors (Lipinski definition) is 2. The lowest BCUT2D eigenvalue weighted by atomic mass is 9.99. The Balaban J connectivity index is 4.24. The van der Waals surface area contributed by atoms with E-state index in [0.717, 1.165) is 0 Å². The SMILES string of the molecule is CC(CC(C)(C)N(F)F)=NNC(N)=O. The molecule has 0 saturated heterocycles. The molecule has 3 N–H and O–H groups in total. The lowest BCUT2D eigenvalue weighted by Crippen LogP contribution is -2.35. The van der Waals surface area contributed by atoms with Crippen molar-refractivity contribution in [3.05, 3.63) is 0 Å². The van der Waals surface area contributed by atoms with Crippen LogP contribution in [0, 0.1) is 0 Å². The number of hydrazone groups is 1. The third-order valence-corrected chi connectivity index (χ3v) is 1.50. The Morgan fingerprint density at radius 1 is 1.57 bits per heavy atom. The Bertz CT molecular complexity index is 240. The van der Waals surface area contributed by atoms with Crippen LogP contribution in [-0.4, -0.2) is 22.6 Å². The fraction of sp³-hybridized carbons (Fsp3) is 0.714. The topological polar surface area (TPSA) is 70.7 Å². The highest BCUT2D eigenvalue weighted by atomic mass is 19.4. The molecule has 0 aromatic heterocycles. The van der Waals surface area contributed by atoms with Crippen LogP contribution in [0.1, 0.15) is 27.2 Å². The van der Waals surface area contributed by atoms with Crippen LogP contribution in [0.5, 0.6) is 0 Å². The Morgan fingerprint density at radius 3 is 2.43 bits per heavy atom.